The molecule has 0 aliphatic carbocycles. The number of ketones is 1. The second-order valence-electron chi connectivity index (χ2n) is 4.45. The van der Waals surface area contributed by atoms with Crippen molar-refractivity contribution in [2.45, 2.75) is 27.2 Å². The van der Waals surface area contributed by atoms with E-state index in [0.717, 1.165) is 11.1 Å². The number of carbonyl (C=O) groups excluding carboxylic acids is 1. The van der Waals surface area contributed by atoms with Crippen molar-refractivity contribution in [1.82, 2.24) is 0 Å². The van der Waals surface area contributed by atoms with Gasteiger partial charge in [0.05, 0.1) is 6.26 Å². The normalized spacial score (nSPS) is 10.5. The van der Waals surface area contributed by atoms with Crippen LogP contribution in [-0.4, -0.2) is 5.78 Å². The highest BCUT2D eigenvalue weighted by Crippen LogP contribution is 2.15. The molecule has 0 spiro atoms. The summed E-state index contributed by atoms with van der Waals surface area (Å²) in [6.07, 6.45) is 1.96. The topological polar surface area (TPSA) is 30.2 Å². The molecule has 2 heteroatoms. The van der Waals surface area contributed by atoms with E-state index >= 15 is 0 Å². The van der Waals surface area contributed by atoms with Crippen molar-refractivity contribution in [2.24, 2.45) is 0 Å². The molecule has 0 radical (unpaired) electrons. The van der Waals surface area contributed by atoms with E-state index in [2.05, 4.69) is 19.9 Å². The van der Waals surface area contributed by atoms with E-state index in [-0.39, 0.29) is 5.78 Å². The van der Waals surface area contributed by atoms with Gasteiger partial charge in [-0.05, 0) is 49.1 Å². The first-order chi connectivity index (χ1) is 8.08. The maximum atomic E-state index is 12.0. The number of furan rings is 1. The van der Waals surface area contributed by atoms with Crippen molar-refractivity contribution in [3.63, 3.8) is 0 Å². The van der Waals surface area contributed by atoms with Crippen LogP contribution in [0.4, 0.5) is 0 Å². The molecule has 1 heterocycles. The molecular formula is C15H16O2. The molecule has 2 aromatic rings. The molecule has 0 aliphatic heterocycles. The third-order valence-corrected chi connectivity index (χ3v) is 3.05. The second-order valence-corrected chi connectivity index (χ2v) is 4.45. The van der Waals surface area contributed by atoms with E-state index in [1.807, 2.05) is 25.1 Å². The van der Waals surface area contributed by atoms with E-state index in [4.69, 9.17) is 4.42 Å². The van der Waals surface area contributed by atoms with Gasteiger partial charge in [-0.2, -0.15) is 0 Å². The lowest BCUT2D eigenvalue weighted by atomic mass is 10.0. The minimum atomic E-state index is 0.0377. The highest BCUT2D eigenvalue weighted by atomic mass is 16.3. The van der Waals surface area contributed by atoms with Crippen LogP contribution in [0, 0.1) is 20.8 Å². The number of hydrogen-bond donors (Lipinski definition) is 0. The molecule has 1 aromatic heterocycles. The molecule has 0 unspecified atom stereocenters. The van der Waals surface area contributed by atoms with Gasteiger partial charge < -0.3 is 4.42 Å². The van der Waals surface area contributed by atoms with Crippen molar-refractivity contribution in [1.29, 1.82) is 0 Å². The van der Waals surface area contributed by atoms with Crippen LogP contribution in [0.25, 0.3) is 0 Å². The van der Waals surface area contributed by atoms with Gasteiger partial charge in [0, 0.05) is 6.42 Å². The molecule has 88 valence electrons. The predicted octanol–water partition coefficient (Wildman–Crippen LogP) is 3.63. The van der Waals surface area contributed by atoms with Gasteiger partial charge in [0.25, 0.3) is 0 Å². The Morgan fingerprint density at radius 2 is 1.82 bits per heavy atom. The van der Waals surface area contributed by atoms with Gasteiger partial charge in [-0.3, -0.25) is 4.79 Å². The van der Waals surface area contributed by atoms with Crippen LogP contribution in [0.1, 0.15) is 32.8 Å². The maximum Gasteiger partial charge on any atom is 0.202 e. The third-order valence-electron chi connectivity index (χ3n) is 3.05. The molecule has 0 amide bonds. The third kappa shape index (κ3) is 2.47. The second kappa shape index (κ2) is 4.58. The zero-order chi connectivity index (χ0) is 12.4. The largest absolute Gasteiger partial charge is 0.461 e. The predicted molar refractivity (Wildman–Crippen MR) is 67.4 cm³/mol. The van der Waals surface area contributed by atoms with Gasteiger partial charge in [0.15, 0.2) is 5.76 Å². The summed E-state index contributed by atoms with van der Waals surface area (Å²) in [5.41, 5.74) is 4.40. The lowest BCUT2D eigenvalue weighted by Crippen LogP contribution is -2.04. The molecule has 0 atom stereocenters. The van der Waals surface area contributed by atoms with E-state index in [1.54, 1.807) is 6.26 Å². The Bertz CT molecular complexity index is 550. The van der Waals surface area contributed by atoms with Crippen LogP contribution < -0.4 is 0 Å². The Balaban J connectivity index is 2.19. The Labute approximate surface area is 101 Å². The number of hydrogen-bond acceptors (Lipinski definition) is 2. The fraction of sp³-hybridized carbons (Fsp3) is 0.267. The Morgan fingerprint density at radius 1 is 1.06 bits per heavy atom. The molecule has 0 aliphatic rings. The van der Waals surface area contributed by atoms with Crippen molar-refractivity contribution >= 4 is 5.78 Å². The fourth-order valence-electron chi connectivity index (χ4n) is 1.84. The Hall–Kier alpha value is -1.83. The first kappa shape index (κ1) is 11.6. The highest BCUT2D eigenvalue weighted by Gasteiger charge is 2.13. The van der Waals surface area contributed by atoms with Crippen molar-refractivity contribution in [3.05, 3.63) is 58.5 Å². The summed E-state index contributed by atoms with van der Waals surface area (Å²) >= 11 is 0. The number of aryl methyl sites for hydroxylation is 3. The molecule has 1 aromatic carbocycles. The summed E-state index contributed by atoms with van der Waals surface area (Å²) < 4.78 is 5.20. The minimum absolute atomic E-state index is 0.0377. The molecule has 0 fully saturated rings. The Kier molecular flexibility index (Phi) is 3.14. The zero-order valence-electron chi connectivity index (χ0n) is 10.4. The van der Waals surface area contributed by atoms with Crippen LogP contribution in [0.5, 0.6) is 0 Å². The smallest absolute Gasteiger partial charge is 0.202 e. The van der Waals surface area contributed by atoms with Crippen molar-refractivity contribution in [2.75, 3.05) is 0 Å². The van der Waals surface area contributed by atoms with Gasteiger partial charge in [0.2, 0.25) is 5.78 Å². The lowest BCUT2D eigenvalue weighted by molar-refractivity contribution is 0.0965. The zero-order valence-corrected chi connectivity index (χ0v) is 10.4. The SMILES string of the molecule is Cc1ccc(CC(=O)c2occc2C)cc1C. The summed E-state index contributed by atoms with van der Waals surface area (Å²) in [5, 5.41) is 0. The van der Waals surface area contributed by atoms with Crippen LogP contribution in [-0.2, 0) is 6.42 Å². The van der Waals surface area contributed by atoms with E-state index in [1.165, 1.54) is 11.1 Å². The summed E-state index contributed by atoms with van der Waals surface area (Å²) in [6, 6.07) is 7.92. The van der Waals surface area contributed by atoms with E-state index in [9.17, 15) is 4.79 Å². The number of carbonyl (C=O) groups is 1. The molecule has 0 bridgehead atoms. The number of Topliss-reactive ketones (excluding diaryl/α,β-unsaturated/α-hetero) is 1. The summed E-state index contributed by atoms with van der Waals surface area (Å²) in [5.74, 6) is 0.513. The van der Waals surface area contributed by atoms with Crippen molar-refractivity contribution < 1.29 is 9.21 Å². The lowest BCUT2D eigenvalue weighted by Gasteiger charge is -2.04. The minimum Gasteiger partial charge on any atom is -0.461 e. The molecular weight excluding hydrogens is 212 g/mol. The molecule has 2 rings (SSSR count). The summed E-state index contributed by atoms with van der Waals surface area (Å²) in [7, 11) is 0. The summed E-state index contributed by atoms with van der Waals surface area (Å²) in [6.45, 7) is 6.01. The van der Waals surface area contributed by atoms with Gasteiger partial charge in [-0.15, -0.1) is 0 Å². The van der Waals surface area contributed by atoms with E-state index < -0.39 is 0 Å². The van der Waals surface area contributed by atoms with Gasteiger partial charge >= 0.3 is 0 Å². The van der Waals surface area contributed by atoms with Gasteiger partial charge in [0.1, 0.15) is 0 Å². The molecule has 0 N–H and O–H groups in total. The quantitative estimate of drug-likeness (QED) is 0.751. The first-order valence-corrected chi connectivity index (χ1v) is 5.71. The fourth-order valence-corrected chi connectivity index (χ4v) is 1.84. The first-order valence-electron chi connectivity index (χ1n) is 5.71. The molecule has 0 saturated heterocycles. The van der Waals surface area contributed by atoms with E-state index in [0.29, 0.717) is 12.2 Å². The summed E-state index contributed by atoms with van der Waals surface area (Å²) in [4.78, 5) is 12.0. The monoisotopic (exact) mass is 228 g/mol. The average Bonchev–Trinajstić information content (AvgIpc) is 2.70. The highest BCUT2D eigenvalue weighted by molar-refractivity contribution is 5.96. The van der Waals surface area contributed by atoms with Crippen LogP contribution in [0.15, 0.2) is 34.9 Å². The van der Waals surface area contributed by atoms with Crippen LogP contribution in [0.3, 0.4) is 0 Å². The molecule has 17 heavy (non-hydrogen) atoms. The average molecular weight is 228 g/mol. The molecule has 2 nitrogen and oxygen atoms in total. The standard InChI is InChI=1S/C15H16O2/c1-10-4-5-13(8-12(10)3)9-14(16)15-11(2)6-7-17-15/h4-8H,9H2,1-3H3. The number of benzene rings is 1. The molecule has 0 saturated carbocycles. The van der Waals surface area contributed by atoms with Crippen molar-refractivity contribution in [3.8, 4) is 0 Å². The Morgan fingerprint density at radius 3 is 2.41 bits per heavy atom. The van der Waals surface area contributed by atoms with Crippen LogP contribution in [0.2, 0.25) is 0 Å². The van der Waals surface area contributed by atoms with Gasteiger partial charge in [-0.25, -0.2) is 0 Å². The number of rotatable bonds is 3. The van der Waals surface area contributed by atoms with Gasteiger partial charge in [-0.1, -0.05) is 18.2 Å². The van der Waals surface area contributed by atoms with Crippen LogP contribution >= 0.6 is 0 Å². The maximum absolute atomic E-state index is 12.0.